The molecule has 0 saturated carbocycles. The van der Waals surface area contributed by atoms with Crippen LogP contribution in [0.4, 0.5) is 5.69 Å². The Hall–Kier alpha value is -2.24. The number of rotatable bonds is 6. The Balaban J connectivity index is 2.76. The Morgan fingerprint density at radius 1 is 1.33 bits per heavy atom. The number of methoxy groups -OCH3 is 1. The van der Waals surface area contributed by atoms with Gasteiger partial charge in [0, 0.05) is 11.2 Å². The molecular weight excluding hydrogens is 272 g/mol. The van der Waals surface area contributed by atoms with Crippen LogP contribution < -0.4 is 15.8 Å². The molecule has 116 valence electrons. The van der Waals surface area contributed by atoms with E-state index in [0.717, 1.165) is 6.42 Å². The lowest BCUT2D eigenvalue weighted by Crippen LogP contribution is -2.44. The number of nitrogens with two attached hydrogens (primary N) is 1. The van der Waals surface area contributed by atoms with Gasteiger partial charge in [-0.05, 0) is 38.5 Å². The predicted molar refractivity (Wildman–Crippen MR) is 80.2 cm³/mol. The number of hydrogen-bond donors (Lipinski definition) is 2. The SMILES string of the molecule is CCC(C)(C)NC(=O)COc1ccc(N)cc1C(=O)OC. The number of nitrogens with one attached hydrogen (secondary N) is 1. The van der Waals surface area contributed by atoms with Crippen LogP contribution in [0, 0.1) is 0 Å². The van der Waals surface area contributed by atoms with Crippen molar-refractivity contribution in [3.63, 3.8) is 0 Å². The molecule has 0 aromatic heterocycles. The highest BCUT2D eigenvalue weighted by Gasteiger charge is 2.19. The largest absolute Gasteiger partial charge is 0.483 e. The van der Waals surface area contributed by atoms with E-state index < -0.39 is 5.97 Å². The number of carbonyl (C=O) groups is 2. The molecule has 0 atom stereocenters. The molecule has 0 heterocycles. The predicted octanol–water partition coefficient (Wildman–Crippen LogP) is 1.74. The van der Waals surface area contributed by atoms with Crippen molar-refractivity contribution in [2.24, 2.45) is 0 Å². The molecule has 1 rings (SSSR count). The van der Waals surface area contributed by atoms with Gasteiger partial charge < -0.3 is 20.5 Å². The normalized spacial score (nSPS) is 10.9. The zero-order valence-electron chi connectivity index (χ0n) is 12.9. The third kappa shape index (κ3) is 4.98. The first-order valence-electron chi connectivity index (χ1n) is 6.70. The molecule has 0 spiro atoms. The minimum Gasteiger partial charge on any atom is -0.483 e. The van der Waals surface area contributed by atoms with Crippen LogP contribution in [0.5, 0.6) is 5.75 Å². The lowest BCUT2D eigenvalue weighted by molar-refractivity contribution is -0.124. The van der Waals surface area contributed by atoms with Gasteiger partial charge in [0.05, 0.1) is 7.11 Å². The number of amides is 1. The molecule has 6 heteroatoms. The highest BCUT2D eigenvalue weighted by Crippen LogP contribution is 2.22. The van der Waals surface area contributed by atoms with E-state index >= 15 is 0 Å². The van der Waals surface area contributed by atoms with Crippen LogP contribution >= 0.6 is 0 Å². The van der Waals surface area contributed by atoms with Crippen molar-refractivity contribution in [2.75, 3.05) is 19.5 Å². The Morgan fingerprint density at radius 2 is 2.00 bits per heavy atom. The highest BCUT2D eigenvalue weighted by atomic mass is 16.5. The third-order valence-corrected chi connectivity index (χ3v) is 3.13. The van der Waals surface area contributed by atoms with Crippen molar-refractivity contribution in [2.45, 2.75) is 32.7 Å². The molecule has 3 N–H and O–H groups in total. The fraction of sp³-hybridized carbons (Fsp3) is 0.467. The Kier molecular flexibility index (Phi) is 5.58. The number of anilines is 1. The summed E-state index contributed by atoms with van der Waals surface area (Å²) < 4.78 is 10.1. The van der Waals surface area contributed by atoms with Gasteiger partial charge in [-0.25, -0.2) is 4.79 Å². The topological polar surface area (TPSA) is 90.6 Å². The molecule has 6 nitrogen and oxygen atoms in total. The summed E-state index contributed by atoms with van der Waals surface area (Å²) in [7, 11) is 1.27. The van der Waals surface area contributed by atoms with Crippen molar-refractivity contribution < 1.29 is 19.1 Å². The van der Waals surface area contributed by atoms with Gasteiger partial charge in [0.15, 0.2) is 6.61 Å². The average Bonchev–Trinajstić information content (AvgIpc) is 2.44. The van der Waals surface area contributed by atoms with Gasteiger partial charge in [-0.15, -0.1) is 0 Å². The van der Waals surface area contributed by atoms with Crippen LogP contribution in [-0.2, 0) is 9.53 Å². The number of nitrogen functional groups attached to an aromatic ring is 1. The second-order valence-electron chi connectivity index (χ2n) is 5.32. The van der Waals surface area contributed by atoms with Crippen LogP contribution in [0.1, 0.15) is 37.6 Å². The standard InChI is InChI=1S/C15H22N2O4/c1-5-15(2,3)17-13(18)9-21-12-7-6-10(16)8-11(12)14(19)20-4/h6-8H,5,9,16H2,1-4H3,(H,17,18). The Bertz CT molecular complexity index is 526. The first-order valence-corrected chi connectivity index (χ1v) is 6.70. The maximum Gasteiger partial charge on any atom is 0.341 e. The zero-order valence-corrected chi connectivity index (χ0v) is 12.9. The third-order valence-electron chi connectivity index (χ3n) is 3.13. The molecule has 0 aliphatic heterocycles. The molecule has 21 heavy (non-hydrogen) atoms. The van der Waals surface area contributed by atoms with Crippen LogP contribution in [-0.4, -0.2) is 31.1 Å². The molecule has 1 aromatic rings. The summed E-state index contributed by atoms with van der Waals surface area (Å²) in [6.45, 7) is 5.65. The van der Waals surface area contributed by atoms with Gasteiger partial charge in [-0.2, -0.15) is 0 Å². The van der Waals surface area contributed by atoms with E-state index in [0.29, 0.717) is 5.69 Å². The fourth-order valence-corrected chi connectivity index (χ4v) is 1.59. The van der Waals surface area contributed by atoms with E-state index in [2.05, 4.69) is 10.1 Å². The van der Waals surface area contributed by atoms with Crippen molar-refractivity contribution in [1.29, 1.82) is 0 Å². The Morgan fingerprint density at radius 3 is 2.57 bits per heavy atom. The monoisotopic (exact) mass is 294 g/mol. The molecule has 0 bridgehead atoms. The zero-order chi connectivity index (χ0) is 16.0. The summed E-state index contributed by atoms with van der Waals surface area (Å²) >= 11 is 0. The van der Waals surface area contributed by atoms with Crippen LogP contribution in [0.15, 0.2) is 18.2 Å². The number of hydrogen-bond acceptors (Lipinski definition) is 5. The lowest BCUT2D eigenvalue weighted by Gasteiger charge is -2.24. The molecule has 0 fully saturated rings. The number of esters is 1. The van der Waals surface area contributed by atoms with E-state index in [1.165, 1.54) is 13.2 Å². The number of carbonyl (C=O) groups excluding carboxylic acids is 2. The lowest BCUT2D eigenvalue weighted by atomic mass is 10.0. The van der Waals surface area contributed by atoms with Gasteiger partial charge in [0.2, 0.25) is 0 Å². The second kappa shape index (κ2) is 6.97. The molecular formula is C15H22N2O4. The summed E-state index contributed by atoms with van der Waals surface area (Å²) in [5, 5.41) is 2.85. The maximum absolute atomic E-state index is 11.8. The van der Waals surface area contributed by atoms with Gasteiger partial charge in [-0.1, -0.05) is 6.92 Å². The Labute approximate surface area is 124 Å². The van der Waals surface area contributed by atoms with Gasteiger partial charge in [0.25, 0.3) is 5.91 Å². The molecule has 0 unspecified atom stereocenters. The van der Waals surface area contributed by atoms with Gasteiger partial charge in [-0.3, -0.25) is 4.79 Å². The van der Waals surface area contributed by atoms with E-state index in [1.807, 2.05) is 20.8 Å². The van der Waals surface area contributed by atoms with E-state index in [1.54, 1.807) is 12.1 Å². The van der Waals surface area contributed by atoms with Crippen LogP contribution in [0.3, 0.4) is 0 Å². The first kappa shape index (κ1) is 16.8. The summed E-state index contributed by atoms with van der Waals surface area (Å²) in [4.78, 5) is 23.5. The second-order valence-corrected chi connectivity index (χ2v) is 5.32. The van der Waals surface area contributed by atoms with Crippen molar-refractivity contribution in [3.05, 3.63) is 23.8 Å². The van der Waals surface area contributed by atoms with Crippen molar-refractivity contribution in [1.82, 2.24) is 5.32 Å². The van der Waals surface area contributed by atoms with Crippen LogP contribution in [0.25, 0.3) is 0 Å². The first-order chi connectivity index (χ1) is 9.79. The molecule has 1 amide bonds. The molecule has 0 saturated heterocycles. The van der Waals surface area contributed by atoms with Crippen molar-refractivity contribution in [3.8, 4) is 5.75 Å². The van der Waals surface area contributed by atoms with E-state index in [9.17, 15) is 9.59 Å². The fourth-order valence-electron chi connectivity index (χ4n) is 1.59. The molecule has 0 aliphatic carbocycles. The smallest absolute Gasteiger partial charge is 0.341 e. The quantitative estimate of drug-likeness (QED) is 0.616. The summed E-state index contributed by atoms with van der Waals surface area (Å²) in [5.41, 5.74) is 5.95. The van der Waals surface area contributed by atoms with Crippen LogP contribution in [0.2, 0.25) is 0 Å². The minimum absolute atomic E-state index is 0.183. The summed E-state index contributed by atoms with van der Waals surface area (Å²) in [6.07, 6.45) is 0.800. The highest BCUT2D eigenvalue weighted by molar-refractivity contribution is 5.93. The molecule has 1 aromatic carbocycles. The number of ether oxygens (including phenoxy) is 2. The van der Waals surface area contributed by atoms with E-state index in [-0.39, 0.29) is 29.4 Å². The van der Waals surface area contributed by atoms with Gasteiger partial charge in [0.1, 0.15) is 11.3 Å². The summed E-state index contributed by atoms with van der Waals surface area (Å²) in [5.74, 6) is -0.554. The minimum atomic E-state index is -0.563. The average molecular weight is 294 g/mol. The molecule has 0 radical (unpaired) electrons. The molecule has 0 aliphatic rings. The number of benzene rings is 1. The maximum atomic E-state index is 11.8. The summed E-state index contributed by atoms with van der Waals surface area (Å²) in [6, 6.07) is 4.59. The van der Waals surface area contributed by atoms with E-state index in [4.69, 9.17) is 10.5 Å². The van der Waals surface area contributed by atoms with Gasteiger partial charge >= 0.3 is 5.97 Å². The van der Waals surface area contributed by atoms with Crippen molar-refractivity contribution >= 4 is 17.6 Å².